The van der Waals surface area contributed by atoms with Gasteiger partial charge in [-0.15, -0.1) is 11.6 Å². The maximum atomic E-state index is 11.4. The summed E-state index contributed by atoms with van der Waals surface area (Å²) in [5, 5.41) is 4.19. The van der Waals surface area contributed by atoms with Crippen LogP contribution in [0.25, 0.3) is 0 Å². The molecular weight excluding hydrogens is 263 g/mol. The van der Waals surface area contributed by atoms with Crippen LogP contribution in [0.1, 0.15) is 12.5 Å². The van der Waals surface area contributed by atoms with Crippen LogP contribution in [0.15, 0.2) is 18.2 Å². The van der Waals surface area contributed by atoms with Crippen molar-refractivity contribution < 1.29 is 9.59 Å². The van der Waals surface area contributed by atoms with Crippen LogP contribution in [-0.2, 0) is 4.79 Å². The number of urea groups is 1. The summed E-state index contributed by atoms with van der Waals surface area (Å²) < 4.78 is 0. The zero-order valence-corrected chi connectivity index (χ0v) is 10.9. The highest BCUT2D eigenvalue weighted by molar-refractivity contribution is 6.34. The molecule has 0 radical (unpaired) electrons. The van der Waals surface area contributed by atoms with Crippen molar-refractivity contribution in [3.63, 3.8) is 0 Å². The number of hydrogen-bond donors (Lipinski definition) is 2. The maximum absolute atomic E-state index is 11.4. The minimum absolute atomic E-state index is 0.409. The summed E-state index contributed by atoms with van der Waals surface area (Å²) in [4.78, 5) is 22.5. The molecular formula is C11H12Cl2N2O2. The van der Waals surface area contributed by atoms with Gasteiger partial charge in [0.2, 0.25) is 5.91 Å². The Labute approximate surface area is 109 Å². The third-order valence-corrected chi connectivity index (χ3v) is 2.48. The maximum Gasteiger partial charge on any atom is 0.325 e. The van der Waals surface area contributed by atoms with Crippen molar-refractivity contribution in [1.29, 1.82) is 0 Å². The van der Waals surface area contributed by atoms with Gasteiger partial charge in [0, 0.05) is 0 Å². The van der Waals surface area contributed by atoms with E-state index in [9.17, 15) is 9.59 Å². The van der Waals surface area contributed by atoms with Gasteiger partial charge in [-0.05, 0) is 31.5 Å². The molecule has 0 fully saturated rings. The lowest BCUT2D eigenvalue weighted by Gasteiger charge is -2.09. The molecule has 2 N–H and O–H groups in total. The third-order valence-electron chi connectivity index (χ3n) is 1.97. The van der Waals surface area contributed by atoms with Crippen LogP contribution in [0.3, 0.4) is 0 Å². The van der Waals surface area contributed by atoms with Gasteiger partial charge in [-0.25, -0.2) is 4.79 Å². The van der Waals surface area contributed by atoms with Crippen LogP contribution >= 0.6 is 23.2 Å². The number of carbonyl (C=O) groups is 2. The number of carbonyl (C=O) groups excluding carboxylic acids is 2. The molecule has 1 aromatic rings. The topological polar surface area (TPSA) is 58.2 Å². The molecule has 6 heteroatoms. The number of imide groups is 1. The van der Waals surface area contributed by atoms with Crippen molar-refractivity contribution in [2.24, 2.45) is 0 Å². The predicted molar refractivity (Wildman–Crippen MR) is 68.7 cm³/mol. The average Bonchev–Trinajstić information content (AvgIpc) is 2.22. The summed E-state index contributed by atoms with van der Waals surface area (Å²) in [5.74, 6) is -0.563. The molecule has 0 saturated heterocycles. The summed E-state index contributed by atoms with van der Waals surface area (Å²) in [6.45, 7) is 3.36. The van der Waals surface area contributed by atoms with E-state index < -0.39 is 17.3 Å². The van der Waals surface area contributed by atoms with Crippen LogP contribution in [0.5, 0.6) is 0 Å². The second kappa shape index (κ2) is 5.89. The molecule has 1 atom stereocenters. The lowest BCUT2D eigenvalue weighted by atomic mass is 10.2. The fourth-order valence-electron chi connectivity index (χ4n) is 1.09. The van der Waals surface area contributed by atoms with Gasteiger partial charge in [0.15, 0.2) is 0 Å². The van der Waals surface area contributed by atoms with Crippen LogP contribution < -0.4 is 10.6 Å². The Balaban J connectivity index is 2.65. The summed E-state index contributed by atoms with van der Waals surface area (Å²) in [7, 11) is 0. The highest BCUT2D eigenvalue weighted by Crippen LogP contribution is 2.22. The normalized spacial score (nSPS) is 11.8. The predicted octanol–water partition coefficient (Wildman–Crippen LogP) is 2.92. The van der Waals surface area contributed by atoms with Crippen LogP contribution in [-0.4, -0.2) is 17.3 Å². The number of alkyl halides is 1. The Hall–Kier alpha value is -1.26. The molecule has 0 saturated carbocycles. The first-order valence-corrected chi connectivity index (χ1v) is 5.73. The average molecular weight is 275 g/mol. The van der Waals surface area contributed by atoms with E-state index in [4.69, 9.17) is 23.2 Å². The number of amides is 3. The molecule has 0 spiro atoms. The number of aryl methyl sites for hydroxylation is 1. The highest BCUT2D eigenvalue weighted by atomic mass is 35.5. The van der Waals surface area contributed by atoms with Crippen molar-refractivity contribution in [2.75, 3.05) is 5.32 Å². The molecule has 0 heterocycles. The number of nitrogens with one attached hydrogen (secondary N) is 2. The molecule has 0 aliphatic rings. The largest absolute Gasteiger partial charge is 0.325 e. The Bertz CT molecular complexity index is 447. The Kier molecular flexibility index (Phi) is 4.78. The first-order chi connectivity index (χ1) is 7.90. The molecule has 3 amide bonds. The first kappa shape index (κ1) is 13.8. The van der Waals surface area contributed by atoms with Crippen LogP contribution in [0.4, 0.5) is 10.5 Å². The second-order valence-electron chi connectivity index (χ2n) is 3.54. The van der Waals surface area contributed by atoms with E-state index in [1.807, 2.05) is 6.92 Å². The molecule has 0 aromatic heterocycles. The van der Waals surface area contributed by atoms with E-state index in [0.29, 0.717) is 10.7 Å². The van der Waals surface area contributed by atoms with Gasteiger partial charge in [0.1, 0.15) is 5.38 Å². The standard InChI is InChI=1S/C11H12Cl2N2O2/c1-6-3-4-9(8(13)5-6)14-11(17)15-10(16)7(2)12/h3-5,7H,1-2H3,(H2,14,15,16,17). The first-order valence-electron chi connectivity index (χ1n) is 4.92. The van der Waals surface area contributed by atoms with Crippen molar-refractivity contribution in [1.82, 2.24) is 5.32 Å². The van der Waals surface area contributed by atoms with E-state index in [0.717, 1.165) is 5.56 Å². The lowest BCUT2D eigenvalue weighted by Crippen LogP contribution is -2.38. The van der Waals surface area contributed by atoms with Crippen molar-refractivity contribution in [2.45, 2.75) is 19.2 Å². The molecule has 0 aliphatic heterocycles. The monoisotopic (exact) mass is 274 g/mol. The van der Waals surface area contributed by atoms with Gasteiger partial charge < -0.3 is 5.32 Å². The van der Waals surface area contributed by atoms with Crippen molar-refractivity contribution in [3.8, 4) is 0 Å². The molecule has 92 valence electrons. The number of benzene rings is 1. The summed E-state index contributed by atoms with van der Waals surface area (Å²) in [6.07, 6.45) is 0. The van der Waals surface area contributed by atoms with E-state index in [1.54, 1.807) is 18.2 Å². The zero-order valence-electron chi connectivity index (χ0n) is 9.38. The molecule has 0 bridgehead atoms. The van der Waals surface area contributed by atoms with Crippen molar-refractivity contribution >= 4 is 40.8 Å². The van der Waals surface area contributed by atoms with Crippen LogP contribution in [0.2, 0.25) is 5.02 Å². The molecule has 1 rings (SSSR count). The molecule has 1 unspecified atom stereocenters. The molecule has 4 nitrogen and oxygen atoms in total. The Morgan fingerprint density at radius 3 is 2.53 bits per heavy atom. The Morgan fingerprint density at radius 2 is 2.00 bits per heavy atom. The summed E-state index contributed by atoms with van der Waals surface area (Å²) >= 11 is 11.4. The van der Waals surface area contributed by atoms with Crippen LogP contribution in [0, 0.1) is 6.92 Å². The SMILES string of the molecule is Cc1ccc(NC(=O)NC(=O)C(C)Cl)c(Cl)c1. The van der Waals surface area contributed by atoms with E-state index in [1.165, 1.54) is 6.92 Å². The van der Waals surface area contributed by atoms with Gasteiger partial charge in [0.25, 0.3) is 0 Å². The number of anilines is 1. The van der Waals surface area contributed by atoms with Gasteiger partial charge in [-0.2, -0.15) is 0 Å². The number of halogens is 2. The summed E-state index contributed by atoms with van der Waals surface area (Å²) in [5.41, 5.74) is 1.41. The van der Waals surface area contributed by atoms with E-state index >= 15 is 0 Å². The zero-order chi connectivity index (χ0) is 13.0. The van der Waals surface area contributed by atoms with E-state index in [2.05, 4.69) is 10.6 Å². The molecule has 1 aromatic carbocycles. The lowest BCUT2D eigenvalue weighted by molar-refractivity contribution is -0.119. The van der Waals surface area contributed by atoms with Gasteiger partial charge in [-0.1, -0.05) is 17.7 Å². The minimum atomic E-state index is -0.769. The minimum Gasteiger partial charge on any atom is -0.306 e. The fraction of sp³-hybridized carbons (Fsp3) is 0.273. The number of hydrogen-bond acceptors (Lipinski definition) is 2. The summed E-state index contributed by atoms with van der Waals surface area (Å²) in [6, 6.07) is 4.51. The smallest absolute Gasteiger partial charge is 0.306 e. The van der Waals surface area contributed by atoms with Gasteiger partial charge in [-0.3, -0.25) is 10.1 Å². The fourth-order valence-corrected chi connectivity index (χ4v) is 1.42. The highest BCUT2D eigenvalue weighted by Gasteiger charge is 2.13. The number of rotatable bonds is 2. The quantitative estimate of drug-likeness (QED) is 0.815. The molecule has 17 heavy (non-hydrogen) atoms. The Morgan fingerprint density at radius 1 is 1.35 bits per heavy atom. The van der Waals surface area contributed by atoms with E-state index in [-0.39, 0.29) is 0 Å². The van der Waals surface area contributed by atoms with Gasteiger partial charge in [0.05, 0.1) is 10.7 Å². The second-order valence-corrected chi connectivity index (χ2v) is 4.60. The van der Waals surface area contributed by atoms with Gasteiger partial charge >= 0.3 is 6.03 Å². The third kappa shape index (κ3) is 4.24. The molecule has 0 aliphatic carbocycles. The van der Waals surface area contributed by atoms with Crippen molar-refractivity contribution in [3.05, 3.63) is 28.8 Å².